The Labute approximate surface area is 295 Å². The first-order chi connectivity index (χ1) is 24.8. The molecule has 0 amide bonds. The van der Waals surface area contributed by atoms with Crippen LogP contribution in [0, 0.1) is 0 Å². The summed E-state index contributed by atoms with van der Waals surface area (Å²) in [6, 6.07) is 54.4. The first-order valence-corrected chi connectivity index (χ1v) is 23.4. The van der Waals surface area contributed by atoms with E-state index in [1.54, 1.807) is 20.7 Å². The van der Waals surface area contributed by atoms with E-state index in [1.807, 2.05) is 6.20 Å². The zero-order chi connectivity index (χ0) is 32.9. The lowest BCUT2D eigenvalue weighted by Gasteiger charge is -2.45. The molecular weight excluding hydrogens is 639 g/mol. The minimum absolute atomic E-state index is 1.20. The molecule has 3 nitrogen and oxygen atoms in total. The highest BCUT2D eigenvalue weighted by Crippen LogP contribution is 2.53. The summed E-state index contributed by atoms with van der Waals surface area (Å²) in [4.78, 5) is 10.1. The van der Waals surface area contributed by atoms with Gasteiger partial charge in [0.2, 0.25) is 0 Å². The summed E-state index contributed by atoms with van der Waals surface area (Å²) < 4.78 is 0. The molecule has 1 aromatic heterocycles. The summed E-state index contributed by atoms with van der Waals surface area (Å²) in [5.41, 5.74) is 7.99. The van der Waals surface area contributed by atoms with Gasteiger partial charge in [-0.15, -0.1) is 0 Å². The second-order valence-corrected chi connectivity index (χ2v) is 23.5. The standard InChI is InChI=1S/C45H39N3Si2/c1-2-16-33-32(15-1)44(47-36-17-3-7-21-40(36)49(27-11-12-28-49)41-22-8-4-18-37(41)47)34-25-26-46-31-35(34)45(33)48-38-19-5-9-23-42(38)50(29-13-14-30-50)43-24-10-6-20-39(43)48/h1-10,15-26,31H,11-14,27-30H2. The second kappa shape index (κ2) is 10.8. The van der Waals surface area contributed by atoms with Gasteiger partial charge >= 0.3 is 0 Å². The van der Waals surface area contributed by atoms with Crippen LogP contribution in [0.5, 0.6) is 0 Å². The zero-order valence-electron chi connectivity index (χ0n) is 28.3. The van der Waals surface area contributed by atoms with Gasteiger partial charge in [0, 0.05) is 56.7 Å². The number of hydrogen-bond donors (Lipinski definition) is 0. The van der Waals surface area contributed by atoms with Gasteiger partial charge in [0.1, 0.15) is 16.1 Å². The molecule has 242 valence electrons. The lowest BCUT2D eigenvalue weighted by atomic mass is 9.96. The Morgan fingerprint density at radius 2 is 0.720 bits per heavy atom. The molecule has 0 unspecified atom stereocenters. The molecule has 4 aliphatic heterocycles. The molecule has 5 heteroatoms. The van der Waals surface area contributed by atoms with E-state index in [0.717, 1.165) is 0 Å². The zero-order valence-corrected chi connectivity index (χ0v) is 30.3. The largest absolute Gasteiger partial charge is 0.309 e. The van der Waals surface area contributed by atoms with Crippen LogP contribution in [0.3, 0.4) is 0 Å². The SMILES string of the molecule is c1ccc2c(c1)N(c1c3ccccc3c(N3c4ccccc4[Si]4(CCCC4)c4ccccc43)c3cnccc13)c1ccccc1[Si]21CCCC1. The predicted octanol–water partition coefficient (Wildman–Crippen LogP) is 9.67. The molecule has 0 saturated carbocycles. The molecule has 6 aromatic carbocycles. The lowest BCUT2D eigenvalue weighted by molar-refractivity contribution is 0.935. The van der Waals surface area contributed by atoms with Crippen molar-refractivity contribution in [2.24, 2.45) is 0 Å². The Hall–Kier alpha value is -4.98. The van der Waals surface area contributed by atoms with Crippen LogP contribution in [-0.4, -0.2) is 21.1 Å². The van der Waals surface area contributed by atoms with Crippen LogP contribution >= 0.6 is 0 Å². The molecular formula is C45H39N3Si2. The molecule has 4 aliphatic rings. The third-order valence-corrected chi connectivity index (χ3v) is 23.4. The van der Waals surface area contributed by atoms with Gasteiger partial charge in [-0.25, -0.2) is 0 Å². The number of aromatic nitrogens is 1. The second-order valence-electron chi connectivity index (χ2n) is 15.0. The Kier molecular flexibility index (Phi) is 6.20. The fourth-order valence-corrected chi connectivity index (χ4v) is 21.9. The summed E-state index contributed by atoms with van der Waals surface area (Å²) in [7, 11) is -3.73. The molecule has 11 rings (SSSR count). The maximum atomic E-state index is 4.86. The Morgan fingerprint density at radius 1 is 0.380 bits per heavy atom. The lowest BCUT2D eigenvalue weighted by Crippen LogP contribution is -2.61. The van der Waals surface area contributed by atoms with E-state index < -0.39 is 16.1 Å². The number of rotatable bonds is 2. The van der Waals surface area contributed by atoms with Crippen LogP contribution in [-0.2, 0) is 0 Å². The number of pyridine rings is 1. The molecule has 2 saturated heterocycles. The molecule has 0 radical (unpaired) electrons. The van der Waals surface area contributed by atoms with E-state index >= 15 is 0 Å². The molecule has 7 aromatic rings. The molecule has 0 N–H and O–H groups in total. The summed E-state index contributed by atoms with van der Waals surface area (Å²) >= 11 is 0. The van der Waals surface area contributed by atoms with E-state index in [0.29, 0.717) is 0 Å². The normalized spacial score (nSPS) is 18.0. The summed E-state index contributed by atoms with van der Waals surface area (Å²) in [5, 5.41) is 11.4. The van der Waals surface area contributed by atoms with E-state index in [-0.39, 0.29) is 0 Å². The predicted molar refractivity (Wildman–Crippen MR) is 216 cm³/mol. The van der Waals surface area contributed by atoms with Crippen molar-refractivity contribution in [1.82, 2.24) is 4.98 Å². The molecule has 0 bridgehead atoms. The van der Waals surface area contributed by atoms with Crippen molar-refractivity contribution < 1.29 is 0 Å². The van der Waals surface area contributed by atoms with Crippen molar-refractivity contribution in [1.29, 1.82) is 0 Å². The third-order valence-electron chi connectivity index (χ3n) is 12.8. The number of benzene rings is 6. The number of anilines is 6. The minimum Gasteiger partial charge on any atom is -0.309 e. The molecule has 50 heavy (non-hydrogen) atoms. The van der Waals surface area contributed by atoms with Crippen molar-refractivity contribution in [2.75, 3.05) is 9.80 Å². The number of hydrogen-bond acceptors (Lipinski definition) is 3. The topological polar surface area (TPSA) is 19.4 Å². The van der Waals surface area contributed by atoms with Gasteiger partial charge in [-0.1, -0.05) is 123 Å². The molecule has 0 atom stereocenters. The monoisotopic (exact) mass is 677 g/mol. The summed E-state index contributed by atoms with van der Waals surface area (Å²) in [6.45, 7) is 0. The van der Waals surface area contributed by atoms with Gasteiger partial charge in [-0.3, -0.25) is 4.98 Å². The Balaban J connectivity index is 1.25. The number of nitrogens with zero attached hydrogens (tertiary/aromatic N) is 3. The third kappa shape index (κ3) is 3.71. The molecule has 2 fully saturated rings. The van der Waals surface area contributed by atoms with Crippen molar-refractivity contribution >= 4 is 92.6 Å². The highest BCUT2D eigenvalue weighted by atomic mass is 28.3. The molecule has 0 aliphatic carbocycles. The molecule has 5 heterocycles. The van der Waals surface area contributed by atoms with Crippen LogP contribution in [0.1, 0.15) is 25.7 Å². The van der Waals surface area contributed by atoms with Gasteiger partial charge in [0.15, 0.2) is 0 Å². The van der Waals surface area contributed by atoms with Crippen molar-refractivity contribution in [2.45, 2.75) is 49.9 Å². The summed E-state index contributed by atoms with van der Waals surface area (Å²) in [5.74, 6) is 0. The van der Waals surface area contributed by atoms with Crippen molar-refractivity contribution in [3.05, 3.63) is 140 Å². The average Bonchev–Trinajstić information content (AvgIpc) is 3.88. The smallest absolute Gasteiger partial charge is 0.123 e. The van der Waals surface area contributed by atoms with Crippen LogP contribution in [0.15, 0.2) is 140 Å². The highest BCUT2D eigenvalue weighted by Gasteiger charge is 2.49. The quantitative estimate of drug-likeness (QED) is 0.134. The van der Waals surface area contributed by atoms with E-state index in [1.165, 1.54) is 106 Å². The van der Waals surface area contributed by atoms with Gasteiger partial charge in [-0.05, 0) is 75.3 Å². The fourth-order valence-electron chi connectivity index (χ4n) is 10.8. The maximum Gasteiger partial charge on any atom is 0.123 e. The highest BCUT2D eigenvalue weighted by molar-refractivity contribution is 7.05. The van der Waals surface area contributed by atoms with Crippen molar-refractivity contribution in [3.63, 3.8) is 0 Å². The van der Waals surface area contributed by atoms with Crippen LogP contribution in [0.2, 0.25) is 24.2 Å². The van der Waals surface area contributed by atoms with Crippen LogP contribution < -0.4 is 30.5 Å². The van der Waals surface area contributed by atoms with Crippen LogP contribution in [0.25, 0.3) is 21.5 Å². The van der Waals surface area contributed by atoms with Gasteiger partial charge in [-0.2, -0.15) is 0 Å². The number of fused-ring (bicyclic) bond motifs is 10. The van der Waals surface area contributed by atoms with Gasteiger partial charge < -0.3 is 9.80 Å². The first kappa shape index (κ1) is 28.8. The Bertz CT molecular complexity index is 2160. The average molecular weight is 678 g/mol. The van der Waals surface area contributed by atoms with E-state index in [9.17, 15) is 0 Å². The first-order valence-electron chi connectivity index (χ1n) is 18.6. The summed E-state index contributed by atoms with van der Waals surface area (Å²) in [6.07, 6.45) is 9.48. The Morgan fingerprint density at radius 3 is 1.14 bits per heavy atom. The number of para-hydroxylation sites is 4. The van der Waals surface area contributed by atoms with E-state index in [2.05, 4.69) is 143 Å². The fraction of sp³-hybridized carbons (Fsp3) is 0.178. The van der Waals surface area contributed by atoms with Crippen LogP contribution in [0.4, 0.5) is 34.1 Å². The van der Waals surface area contributed by atoms with Crippen molar-refractivity contribution in [3.8, 4) is 0 Å². The maximum absolute atomic E-state index is 4.86. The van der Waals surface area contributed by atoms with E-state index in [4.69, 9.17) is 4.98 Å². The minimum atomic E-state index is -1.87. The molecule has 2 spiro atoms. The van der Waals surface area contributed by atoms with Gasteiger partial charge in [0.25, 0.3) is 0 Å². The van der Waals surface area contributed by atoms with Gasteiger partial charge in [0.05, 0.1) is 11.4 Å².